The normalized spacial score (nSPS) is 18.6. The van der Waals surface area contributed by atoms with Crippen LogP contribution in [0.3, 0.4) is 0 Å². The van der Waals surface area contributed by atoms with Crippen LogP contribution in [-0.2, 0) is 14.3 Å². The Hall–Kier alpha value is -2.21. The average molecular weight is 417 g/mol. The highest BCUT2D eigenvalue weighted by Crippen LogP contribution is 2.39. The fourth-order valence-corrected chi connectivity index (χ4v) is 3.36. The molecule has 2 amide bonds. The van der Waals surface area contributed by atoms with Crippen LogP contribution in [-0.4, -0.2) is 39.8 Å². The van der Waals surface area contributed by atoms with Gasteiger partial charge in [-0.2, -0.15) is 0 Å². The first-order chi connectivity index (χ1) is 13.3. The smallest absolute Gasteiger partial charge is 0.265 e. The van der Waals surface area contributed by atoms with E-state index in [2.05, 4.69) is 41.5 Å². The maximum Gasteiger partial charge on any atom is 0.265 e. The van der Waals surface area contributed by atoms with Crippen LogP contribution < -0.4 is 0 Å². The van der Waals surface area contributed by atoms with E-state index in [4.69, 9.17) is 17.0 Å². The first-order valence-electron chi connectivity index (χ1n) is 10.0. The Balaban J connectivity index is 2.53. The fourth-order valence-electron chi connectivity index (χ4n) is 2.94. The topological polar surface area (TPSA) is 49.9 Å². The van der Waals surface area contributed by atoms with Crippen molar-refractivity contribution < 1.29 is 14.3 Å². The van der Waals surface area contributed by atoms with Gasteiger partial charge in [-0.15, -0.1) is 0 Å². The number of ether oxygens (including phenoxy) is 1. The van der Waals surface area contributed by atoms with E-state index in [1.165, 1.54) is 9.80 Å². The highest BCUT2D eigenvalue weighted by atomic mass is 32.1. The molecule has 0 atom stereocenters. The predicted octanol–water partition coefficient (Wildman–Crippen LogP) is 4.72. The third-order valence-electron chi connectivity index (χ3n) is 4.78. The van der Waals surface area contributed by atoms with E-state index >= 15 is 0 Å². The van der Waals surface area contributed by atoms with Gasteiger partial charge in [0.15, 0.2) is 5.11 Å². The molecule has 6 heteroatoms. The van der Waals surface area contributed by atoms with Crippen molar-refractivity contribution in [2.45, 2.75) is 55.4 Å². The van der Waals surface area contributed by atoms with Gasteiger partial charge in [0.1, 0.15) is 17.1 Å². The van der Waals surface area contributed by atoms with Crippen molar-refractivity contribution in [2.24, 2.45) is 10.8 Å². The molecule has 0 N–H and O–H groups in total. The molecule has 0 aromatic carbocycles. The lowest BCUT2D eigenvalue weighted by atomic mass is 9.87. The van der Waals surface area contributed by atoms with Gasteiger partial charge >= 0.3 is 0 Å². The molecule has 5 nitrogen and oxygen atoms in total. The molecule has 1 saturated heterocycles. The molecule has 0 aromatic heterocycles. The van der Waals surface area contributed by atoms with E-state index in [1.807, 2.05) is 26.0 Å². The molecular formula is C23H32N2O3S. The van der Waals surface area contributed by atoms with E-state index in [1.54, 1.807) is 12.2 Å². The Morgan fingerprint density at radius 3 is 1.62 bits per heavy atom. The van der Waals surface area contributed by atoms with Crippen LogP contribution in [0.25, 0.3) is 0 Å². The molecule has 29 heavy (non-hydrogen) atoms. The zero-order valence-electron chi connectivity index (χ0n) is 18.8. The van der Waals surface area contributed by atoms with Crippen molar-refractivity contribution in [2.75, 3.05) is 13.1 Å². The molecule has 1 fully saturated rings. The Morgan fingerprint density at radius 1 is 0.862 bits per heavy atom. The molecule has 0 saturated carbocycles. The quantitative estimate of drug-likeness (QED) is 0.379. The van der Waals surface area contributed by atoms with Gasteiger partial charge in [0.25, 0.3) is 11.8 Å². The summed E-state index contributed by atoms with van der Waals surface area (Å²) >= 11 is 5.31. The van der Waals surface area contributed by atoms with Crippen LogP contribution in [0.4, 0.5) is 0 Å². The molecule has 2 heterocycles. The summed E-state index contributed by atoms with van der Waals surface area (Å²) in [5, 5.41) is 0.269. The van der Waals surface area contributed by atoms with E-state index < -0.39 is 0 Å². The first-order valence-corrected chi connectivity index (χ1v) is 10.4. The number of likely N-dealkylation sites (N-methyl/N-ethyl adjacent to an activating group) is 2. The second-order valence-corrected chi connectivity index (χ2v) is 9.61. The second-order valence-electron chi connectivity index (χ2n) is 9.25. The van der Waals surface area contributed by atoms with Crippen molar-refractivity contribution in [1.29, 1.82) is 0 Å². The van der Waals surface area contributed by atoms with Crippen LogP contribution in [0.5, 0.6) is 0 Å². The van der Waals surface area contributed by atoms with Crippen molar-refractivity contribution >= 4 is 29.1 Å². The SMILES string of the molecule is CCN1C(=O)C(=CC=C2C=C(C(C)(C)C)OC(C(C)(C)C)=C2)C(=O)N(CC)C1=S. The van der Waals surface area contributed by atoms with E-state index in [9.17, 15) is 9.59 Å². The number of carbonyl (C=O) groups is 2. The van der Waals surface area contributed by atoms with Gasteiger partial charge in [0, 0.05) is 23.9 Å². The molecule has 0 spiro atoms. The van der Waals surface area contributed by atoms with E-state index in [-0.39, 0.29) is 33.3 Å². The molecule has 0 radical (unpaired) electrons. The second kappa shape index (κ2) is 8.27. The lowest BCUT2D eigenvalue weighted by Crippen LogP contribution is -2.55. The summed E-state index contributed by atoms with van der Waals surface area (Å²) in [4.78, 5) is 28.5. The predicted molar refractivity (Wildman–Crippen MR) is 120 cm³/mol. The van der Waals surface area contributed by atoms with Gasteiger partial charge in [-0.1, -0.05) is 47.6 Å². The minimum Gasteiger partial charge on any atom is -0.465 e. The fraction of sp³-hybridized carbons (Fsp3) is 0.522. The van der Waals surface area contributed by atoms with Crippen molar-refractivity contribution in [3.05, 3.63) is 47.0 Å². The van der Waals surface area contributed by atoms with Crippen molar-refractivity contribution in [3.63, 3.8) is 0 Å². The third-order valence-corrected chi connectivity index (χ3v) is 5.22. The largest absolute Gasteiger partial charge is 0.465 e. The number of hydrogen-bond acceptors (Lipinski definition) is 4. The third kappa shape index (κ3) is 4.86. The van der Waals surface area contributed by atoms with Gasteiger partial charge in [0.05, 0.1) is 0 Å². The molecule has 0 aliphatic carbocycles. The summed E-state index contributed by atoms with van der Waals surface area (Å²) in [5.41, 5.74) is 0.672. The molecular weight excluding hydrogens is 384 g/mol. The molecule has 0 unspecified atom stereocenters. The summed E-state index contributed by atoms with van der Waals surface area (Å²) in [6.07, 6.45) is 7.33. The summed E-state index contributed by atoms with van der Waals surface area (Å²) in [7, 11) is 0. The summed E-state index contributed by atoms with van der Waals surface area (Å²) in [6.45, 7) is 17.1. The first kappa shape index (κ1) is 23.1. The van der Waals surface area contributed by atoms with Gasteiger partial charge < -0.3 is 4.74 Å². The van der Waals surface area contributed by atoms with E-state index in [0.29, 0.717) is 13.1 Å². The van der Waals surface area contributed by atoms with Crippen LogP contribution in [0.2, 0.25) is 0 Å². The average Bonchev–Trinajstić information content (AvgIpc) is 2.60. The van der Waals surface area contributed by atoms with Gasteiger partial charge in [-0.05, 0) is 49.9 Å². The van der Waals surface area contributed by atoms with Gasteiger partial charge in [-0.3, -0.25) is 19.4 Å². The Morgan fingerprint density at radius 2 is 1.28 bits per heavy atom. The molecule has 2 rings (SSSR count). The number of amides is 2. The standard InChI is InChI=1S/C23H32N2O3S/c1-9-24-19(26)16(20(27)25(10-2)21(24)29)12-11-15-13-17(22(3,4)5)28-18(14-15)23(6,7)8/h11-14H,9-10H2,1-8H3. The lowest BCUT2D eigenvalue weighted by Gasteiger charge is -2.35. The highest BCUT2D eigenvalue weighted by molar-refractivity contribution is 7.80. The Labute approximate surface area is 179 Å². The summed E-state index contributed by atoms with van der Waals surface area (Å²) in [6, 6.07) is 0. The number of carbonyl (C=O) groups excluding carboxylic acids is 2. The van der Waals surface area contributed by atoms with Crippen molar-refractivity contribution in [3.8, 4) is 0 Å². The number of nitrogens with zero attached hydrogens (tertiary/aromatic N) is 2. The Kier molecular flexibility index (Phi) is 6.58. The minimum atomic E-state index is -0.351. The van der Waals surface area contributed by atoms with Crippen LogP contribution in [0.15, 0.2) is 47.0 Å². The zero-order chi connectivity index (χ0) is 22.1. The molecule has 0 aromatic rings. The van der Waals surface area contributed by atoms with E-state index in [0.717, 1.165) is 17.1 Å². The van der Waals surface area contributed by atoms with Gasteiger partial charge in [-0.25, -0.2) is 0 Å². The summed E-state index contributed by atoms with van der Waals surface area (Å²) < 4.78 is 6.16. The highest BCUT2D eigenvalue weighted by Gasteiger charge is 2.37. The minimum absolute atomic E-state index is 0.123. The maximum atomic E-state index is 12.8. The number of allylic oxidation sites excluding steroid dienone is 7. The number of rotatable bonds is 3. The molecule has 2 aliphatic heterocycles. The van der Waals surface area contributed by atoms with Crippen molar-refractivity contribution in [1.82, 2.24) is 9.80 Å². The summed E-state index contributed by atoms with van der Waals surface area (Å²) in [5.74, 6) is 0.997. The lowest BCUT2D eigenvalue weighted by molar-refractivity contribution is -0.133. The number of thiocarbonyl (C=S) groups is 1. The van der Waals surface area contributed by atoms with Crippen LogP contribution in [0, 0.1) is 10.8 Å². The molecule has 2 aliphatic rings. The molecule has 0 bridgehead atoms. The van der Waals surface area contributed by atoms with Gasteiger partial charge in [0.2, 0.25) is 0 Å². The molecule has 158 valence electrons. The zero-order valence-corrected chi connectivity index (χ0v) is 19.6. The van der Waals surface area contributed by atoms with Crippen LogP contribution >= 0.6 is 12.2 Å². The number of hydrogen-bond donors (Lipinski definition) is 0. The Bertz CT molecular complexity index is 788. The maximum absolute atomic E-state index is 12.8. The monoisotopic (exact) mass is 416 g/mol. The van der Waals surface area contributed by atoms with Crippen LogP contribution in [0.1, 0.15) is 55.4 Å².